The molecule has 0 bridgehead atoms. The second-order valence-electron chi connectivity index (χ2n) is 5.96. The molecule has 0 aliphatic carbocycles. The normalized spacial score (nSPS) is 11.5. The highest BCUT2D eigenvalue weighted by Crippen LogP contribution is 2.11. The standard InChI is InChI=1S/C20H23NO5S/c1-16-6-8-18(9-7-16)10-13-27(23,24)21-15-20(22)26-12-11-25-19-5-3-4-17(2)14-19/h3-10,13-14,21H,11-12,15H2,1-2H3/b13-10+. The first-order valence-corrected chi connectivity index (χ1v) is 9.98. The Bertz CT molecular complexity index is 889. The molecule has 6 nitrogen and oxygen atoms in total. The maximum absolute atomic E-state index is 11.9. The Kier molecular flexibility index (Phi) is 7.57. The second-order valence-corrected chi connectivity index (χ2v) is 7.62. The summed E-state index contributed by atoms with van der Waals surface area (Å²) in [6.07, 6.45) is 1.46. The summed E-state index contributed by atoms with van der Waals surface area (Å²) >= 11 is 0. The van der Waals surface area contributed by atoms with Gasteiger partial charge in [-0.05, 0) is 43.2 Å². The summed E-state index contributed by atoms with van der Waals surface area (Å²) in [5, 5.41) is 1.02. The number of nitrogens with one attached hydrogen (secondary N) is 1. The summed E-state index contributed by atoms with van der Waals surface area (Å²) in [6.45, 7) is 3.68. The molecule has 0 fully saturated rings. The summed E-state index contributed by atoms with van der Waals surface area (Å²) in [5.74, 6) is 0.0168. The van der Waals surface area contributed by atoms with Gasteiger partial charge in [-0.1, -0.05) is 42.0 Å². The van der Waals surface area contributed by atoms with Crippen LogP contribution in [0.15, 0.2) is 53.9 Å². The van der Waals surface area contributed by atoms with Crippen LogP contribution in [0.25, 0.3) is 6.08 Å². The van der Waals surface area contributed by atoms with Crippen molar-refractivity contribution in [3.8, 4) is 5.75 Å². The third-order valence-corrected chi connectivity index (χ3v) is 4.58. The third kappa shape index (κ3) is 8.06. The van der Waals surface area contributed by atoms with Crippen molar-refractivity contribution in [2.45, 2.75) is 13.8 Å². The molecule has 0 radical (unpaired) electrons. The minimum Gasteiger partial charge on any atom is -0.490 e. The van der Waals surface area contributed by atoms with E-state index in [1.165, 1.54) is 6.08 Å². The molecule has 144 valence electrons. The fraction of sp³-hybridized carbons (Fsp3) is 0.250. The van der Waals surface area contributed by atoms with E-state index in [0.717, 1.165) is 22.1 Å². The molecule has 0 saturated heterocycles. The summed E-state index contributed by atoms with van der Waals surface area (Å²) in [7, 11) is -3.73. The van der Waals surface area contributed by atoms with Gasteiger partial charge in [0.15, 0.2) is 0 Å². The van der Waals surface area contributed by atoms with Gasteiger partial charge in [0.2, 0.25) is 10.0 Å². The lowest BCUT2D eigenvalue weighted by molar-refractivity contribution is -0.142. The molecule has 7 heteroatoms. The van der Waals surface area contributed by atoms with Crippen LogP contribution in [0.5, 0.6) is 5.75 Å². The first-order valence-electron chi connectivity index (χ1n) is 8.43. The molecule has 0 aliphatic heterocycles. The van der Waals surface area contributed by atoms with Crippen LogP contribution in [-0.2, 0) is 19.6 Å². The van der Waals surface area contributed by atoms with Crippen molar-refractivity contribution in [1.29, 1.82) is 0 Å². The van der Waals surface area contributed by atoms with Gasteiger partial charge < -0.3 is 9.47 Å². The molecule has 0 unspecified atom stereocenters. The van der Waals surface area contributed by atoms with Gasteiger partial charge in [0.05, 0.1) is 0 Å². The first kappa shape index (κ1) is 20.7. The van der Waals surface area contributed by atoms with Gasteiger partial charge in [0, 0.05) is 5.41 Å². The van der Waals surface area contributed by atoms with Crippen molar-refractivity contribution >= 4 is 22.1 Å². The largest absolute Gasteiger partial charge is 0.490 e. The Morgan fingerprint density at radius 2 is 1.78 bits per heavy atom. The number of hydrogen-bond acceptors (Lipinski definition) is 5. The van der Waals surface area contributed by atoms with Crippen molar-refractivity contribution < 1.29 is 22.7 Å². The van der Waals surface area contributed by atoms with Crippen LogP contribution in [0.3, 0.4) is 0 Å². The molecular formula is C20H23NO5S. The van der Waals surface area contributed by atoms with Crippen LogP contribution in [0.1, 0.15) is 16.7 Å². The fourth-order valence-corrected chi connectivity index (χ4v) is 2.88. The maximum atomic E-state index is 11.9. The van der Waals surface area contributed by atoms with Gasteiger partial charge in [0.1, 0.15) is 25.5 Å². The van der Waals surface area contributed by atoms with E-state index in [9.17, 15) is 13.2 Å². The summed E-state index contributed by atoms with van der Waals surface area (Å²) in [4.78, 5) is 11.6. The average Bonchev–Trinajstić information content (AvgIpc) is 2.63. The Balaban J connectivity index is 1.70. The average molecular weight is 389 g/mol. The van der Waals surface area contributed by atoms with E-state index in [0.29, 0.717) is 5.75 Å². The lowest BCUT2D eigenvalue weighted by atomic mass is 10.2. The molecule has 2 aromatic carbocycles. The van der Waals surface area contributed by atoms with Gasteiger partial charge in [-0.25, -0.2) is 13.1 Å². The van der Waals surface area contributed by atoms with Gasteiger partial charge in [-0.3, -0.25) is 4.79 Å². The van der Waals surface area contributed by atoms with Gasteiger partial charge in [0.25, 0.3) is 0 Å². The van der Waals surface area contributed by atoms with Crippen molar-refractivity contribution in [3.05, 3.63) is 70.6 Å². The number of benzene rings is 2. The van der Waals surface area contributed by atoms with E-state index in [-0.39, 0.29) is 13.2 Å². The molecule has 27 heavy (non-hydrogen) atoms. The lowest BCUT2D eigenvalue weighted by Gasteiger charge is -2.08. The van der Waals surface area contributed by atoms with Crippen LogP contribution >= 0.6 is 0 Å². The SMILES string of the molecule is Cc1ccc(/C=C/S(=O)(=O)NCC(=O)OCCOc2cccc(C)c2)cc1. The summed E-state index contributed by atoms with van der Waals surface area (Å²) < 4.78 is 36.4. The van der Waals surface area contributed by atoms with E-state index in [1.54, 1.807) is 0 Å². The van der Waals surface area contributed by atoms with Crippen LogP contribution in [0.2, 0.25) is 0 Å². The molecule has 2 rings (SSSR count). The number of carbonyl (C=O) groups excluding carboxylic acids is 1. The van der Waals surface area contributed by atoms with Crippen LogP contribution in [-0.4, -0.2) is 34.1 Å². The number of esters is 1. The van der Waals surface area contributed by atoms with Crippen molar-refractivity contribution in [2.24, 2.45) is 0 Å². The zero-order valence-corrected chi connectivity index (χ0v) is 16.2. The molecule has 2 aromatic rings. The number of ether oxygens (including phenoxy) is 2. The summed E-state index contributed by atoms with van der Waals surface area (Å²) in [5.41, 5.74) is 2.90. The van der Waals surface area contributed by atoms with E-state index < -0.39 is 22.5 Å². The molecule has 0 spiro atoms. The predicted molar refractivity (Wildman–Crippen MR) is 105 cm³/mol. The van der Waals surface area contributed by atoms with E-state index in [4.69, 9.17) is 9.47 Å². The van der Waals surface area contributed by atoms with Crippen LogP contribution in [0, 0.1) is 13.8 Å². The number of rotatable bonds is 9. The molecular weight excluding hydrogens is 366 g/mol. The predicted octanol–water partition coefficient (Wildman–Crippen LogP) is 2.82. The molecule has 0 saturated carbocycles. The lowest BCUT2D eigenvalue weighted by Crippen LogP contribution is -2.30. The van der Waals surface area contributed by atoms with Crippen molar-refractivity contribution in [1.82, 2.24) is 4.72 Å². The molecule has 0 amide bonds. The van der Waals surface area contributed by atoms with E-state index in [1.807, 2.05) is 62.4 Å². The third-order valence-electron chi connectivity index (χ3n) is 3.54. The fourth-order valence-electron chi connectivity index (χ4n) is 2.12. The summed E-state index contributed by atoms with van der Waals surface area (Å²) in [6, 6.07) is 14.9. The second kappa shape index (κ2) is 9.89. The van der Waals surface area contributed by atoms with Gasteiger partial charge in [-0.2, -0.15) is 0 Å². The van der Waals surface area contributed by atoms with Crippen LogP contribution in [0.4, 0.5) is 0 Å². The monoisotopic (exact) mass is 389 g/mol. The highest BCUT2D eigenvalue weighted by molar-refractivity contribution is 7.92. The zero-order valence-electron chi connectivity index (χ0n) is 15.3. The topological polar surface area (TPSA) is 81.7 Å². The molecule has 0 heterocycles. The Morgan fingerprint density at radius 1 is 1.04 bits per heavy atom. The molecule has 0 aromatic heterocycles. The van der Waals surface area contributed by atoms with E-state index in [2.05, 4.69) is 4.72 Å². The number of carbonyl (C=O) groups is 1. The highest BCUT2D eigenvalue weighted by atomic mass is 32.2. The van der Waals surface area contributed by atoms with Crippen molar-refractivity contribution in [2.75, 3.05) is 19.8 Å². The smallest absolute Gasteiger partial charge is 0.321 e. The first-order chi connectivity index (χ1) is 12.8. The number of hydrogen-bond donors (Lipinski definition) is 1. The minimum atomic E-state index is -3.73. The number of sulfonamides is 1. The molecule has 0 aliphatic rings. The van der Waals surface area contributed by atoms with Gasteiger partial charge >= 0.3 is 5.97 Å². The highest BCUT2D eigenvalue weighted by Gasteiger charge is 2.10. The quantitative estimate of drug-likeness (QED) is 0.527. The van der Waals surface area contributed by atoms with Crippen LogP contribution < -0.4 is 9.46 Å². The minimum absolute atomic E-state index is 0.0354. The molecule has 1 N–H and O–H groups in total. The zero-order chi connectivity index (χ0) is 19.7. The Hall–Kier alpha value is -2.64. The number of aryl methyl sites for hydroxylation is 2. The Labute approximate surface area is 159 Å². The van der Waals surface area contributed by atoms with E-state index >= 15 is 0 Å². The molecule has 0 atom stereocenters. The maximum Gasteiger partial charge on any atom is 0.321 e. The Morgan fingerprint density at radius 3 is 2.48 bits per heavy atom. The van der Waals surface area contributed by atoms with Gasteiger partial charge in [-0.15, -0.1) is 0 Å². The van der Waals surface area contributed by atoms with Crippen molar-refractivity contribution in [3.63, 3.8) is 0 Å².